The zero-order valence-electron chi connectivity index (χ0n) is 14.7. The fraction of sp³-hybridized carbons (Fsp3) is 0.316. The number of rotatable bonds is 7. The van der Waals surface area contributed by atoms with Crippen molar-refractivity contribution in [3.63, 3.8) is 0 Å². The van der Waals surface area contributed by atoms with Crippen molar-refractivity contribution in [3.8, 4) is 5.75 Å². The van der Waals surface area contributed by atoms with Gasteiger partial charge in [-0.05, 0) is 44.4 Å². The van der Waals surface area contributed by atoms with E-state index in [0.29, 0.717) is 28.9 Å². The molecule has 3 aromatic rings. The number of hydrogen-bond acceptors (Lipinski definition) is 5. The number of carboxylic acid groups (broad SMARTS) is 1. The molecule has 0 unspecified atom stereocenters. The van der Waals surface area contributed by atoms with E-state index < -0.39 is 5.97 Å². The van der Waals surface area contributed by atoms with Crippen LogP contribution in [-0.2, 0) is 6.54 Å². The molecule has 0 aliphatic carbocycles. The maximum absolute atomic E-state index is 12.6. The third-order valence-electron chi connectivity index (χ3n) is 4.19. The first-order valence-corrected chi connectivity index (χ1v) is 9.20. The lowest BCUT2D eigenvalue weighted by molar-refractivity contribution is 0.0701. The van der Waals surface area contributed by atoms with E-state index in [1.54, 1.807) is 11.5 Å². The van der Waals surface area contributed by atoms with Crippen LogP contribution in [-0.4, -0.2) is 27.2 Å². The zero-order valence-corrected chi connectivity index (χ0v) is 15.5. The SMILES string of the molecule is Cc1ccc(OCCCCn2cnc3sc(C(=O)O)c(C)c3c2=O)cc1. The Morgan fingerprint density at radius 1 is 1.23 bits per heavy atom. The standard InChI is InChI=1S/C19H20N2O4S/c1-12-5-7-14(8-6-12)25-10-4-3-9-21-11-20-17-15(18(21)22)13(2)16(26-17)19(23)24/h5-8,11H,3-4,9-10H2,1-2H3,(H,23,24). The number of fused-ring (bicyclic) bond motifs is 1. The monoisotopic (exact) mass is 372 g/mol. The van der Waals surface area contributed by atoms with Crippen LogP contribution in [0.5, 0.6) is 5.75 Å². The van der Waals surface area contributed by atoms with Crippen LogP contribution in [0.1, 0.15) is 33.6 Å². The lowest BCUT2D eigenvalue weighted by atomic mass is 10.2. The van der Waals surface area contributed by atoms with Gasteiger partial charge in [-0.2, -0.15) is 0 Å². The van der Waals surface area contributed by atoms with Crippen LogP contribution in [0.4, 0.5) is 0 Å². The average Bonchev–Trinajstić information content (AvgIpc) is 2.96. The highest BCUT2D eigenvalue weighted by Crippen LogP contribution is 2.26. The first-order valence-electron chi connectivity index (χ1n) is 8.38. The van der Waals surface area contributed by atoms with Crippen LogP contribution in [0.3, 0.4) is 0 Å². The molecule has 0 radical (unpaired) electrons. The second kappa shape index (κ2) is 7.70. The number of aromatic carboxylic acids is 1. The molecule has 0 amide bonds. The molecule has 0 aliphatic heterocycles. The van der Waals surface area contributed by atoms with Gasteiger partial charge < -0.3 is 9.84 Å². The minimum absolute atomic E-state index is 0.175. The van der Waals surface area contributed by atoms with E-state index in [9.17, 15) is 14.7 Å². The van der Waals surface area contributed by atoms with Crippen LogP contribution in [0.25, 0.3) is 10.2 Å². The second-order valence-corrected chi connectivity index (χ2v) is 7.15. The second-order valence-electron chi connectivity index (χ2n) is 6.15. The Hall–Kier alpha value is -2.67. The Bertz CT molecular complexity index is 989. The highest BCUT2D eigenvalue weighted by molar-refractivity contribution is 7.20. The summed E-state index contributed by atoms with van der Waals surface area (Å²) in [6.07, 6.45) is 3.07. The molecule has 1 aromatic carbocycles. The number of carbonyl (C=O) groups is 1. The summed E-state index contributed by atoms with van der Waals surface area (Å²) < 4.78 is 7.22. The molecule has 0 fully saturated rings. The minimum atomic E-state index is -1.02. The summed E-state index contributed by atoms with van der Waals surface area (Å²) in [5.41, 5.74) is 1.50. The third kappa shape index (κ3) is 3.77. The molecule has 0 spiro atoms. The van der Waals surface area contributed by atoms with Gasteiger partial charge in [0, 0.05) is 6.54 Å². The number of ether oxygens (including phenoxy) is 1. The molecule has 2 aromatic heterocycles. The van der Waals surface area contributed by atoms with Crippen LogP contribution < -0.4 is 10.3 Å². The molecule has 0 saturated carbocycles. The third-order valence-corrected chi connectivity index (χ3v) is 5.38. The summed E-state index contributed by atoms with van der Waals surface area (Å²) in [5, 5.41) is 9.60. The van der Waals surface area contributed by atoms with Gasteiger partial charge in [0.15, 0.2) is 0 Å². The molecule has 6 nitrogen and oxygen atoms in total. The first kappa shape index (κ1) is 18.1. The number of benzene rings is 1. The quantitative estimate of drug-likeness (QED) is 0.641. The van der Waals surface area contributed by atoms with Gasteiger partial charge in [0.25, 0.3) is 5.56 Å². The molecule has 26 heavy (non-hydrogen) atoms. The number of aromatic nitrogens is 2. The minimum Gasteiger partial charge on any atom is -0.494 e. The first-order chi connectivity index (χ1) is 12.5. The van der Waals surface area contributed by atoms with Crippen LogP contribution in [0, 0.1) is 13.8 Å². The predicted molar refractivity (Wildman–Crippen MR) is 101 cm³/mol. The Kier molecular flexibility index (Phi) is 5.37. The number of carboxylic acids is 1. The van der Waals surface area contributed by atoms with E-state index in [0.717, 1.165) is 29.9 Å². The van der Waals surface area contributed by atoms with Crippen LogP contribution in [0.15, 0.2) is 35.4 Å². The smallest absolute Gasteiger partial charge is 0.346 e. The molecule has 0 atom stereocenters. The van der Waals surface area contributed by atoms with Gasteiger partial charge in [-0.25, -0.2) is 9.78 Å². The average molecular weight is 372 g/mol. The number of hydrogen-bond donors (Lipinski definition) is 1. The van der Waals surface area contributed by atoms with Crippen molar-refractivity contribution >= 4 is 27.5 Å². The van der Waals surface area contributed by atoms with Crippen molar-refractivity contribution in [2.24, 2.45) is 0 Å². The summed E-state index contributed by atoms with van der Waals surface area (Å²) >= 11 is 1.04. The number of thiophene rings is 1. The molecule has 2 heterocycles. The fourth-order valence-electron chi connectivity index (χ4n) is 2.73. The summed E-state index contributed by atoms with van der Waals surface area (Å²) in [6.45, 7) is 4.79. The highest BCUT2D eigenvalue weighted by atomic mass is 32.1. The molecule has 1 N–H and O–H groups in total. The van der Waals surface area contributed by atoms with Gasteiger partial charge in [-0.15, -0.1) is 11.3 Å². The van der Waals surface area contributed by atoms with Gasteiger partial charge in [0.2, 0.25) is 0 Å². The van der Waals surface area contributed by atoms with Gasteiger partial charge in [0.1, 0.15) is 15.5 Å². The van der Waals surface area contributed by atoms with E-state index in [1.807, 2.05) is 31.2 Å². The molecule has 0 saturated heterocycles. The van der Waals surface area contributed by atoms with Gasteiger partial charge in [0.05, 0.1) is 18.3 Å². The molecule has 0 aliphatic rings. The molecule has 7 heteroatoms. The Balaban J connectivity index is 1.61. The van der Waals surface area contributed by atoms with E-state index in [-0.39, 0.29) is 10.4 Å². The van der Waals surface area contributed by atoms with Crippen molar-refractivity contribution in [2.75, 3.05) is 6.61 Å². The lowest BCUT2D eigenvalue weighted by Crippen LogP contribution is -2.21. The summed E-state index contributed by atoms with van der Waals surface area (Å²) in [5.74, 6) is -0.185. The van der Waals surface area contributed by atoms with Crippen molar-refractivity contribution < 1.29 is 14.6 Å². The maximum Gasteiger partial charge on any atom is 0.346 e. The van der Waals surface area contributed by atoms with Gasteiger partial charge >= 0.3 is 5.97 Å². The molecular weight excluding hydrogens is 352 g/mol. The maximum atomic E-state index is 12.6. The van der Waals surface area contributed by atoms with E-state index in [4.69, 9.17) is 4.74 Å². The van der Waals surface area contributed by atoms with Crippen LogP contribution in [0.2, 0.25) is 0 Å². The zero-order chi connectivity index (χ0) is 18.7. The summed E-state index contributed by atoms with van der Waals surface area (Å²) in [7, 11) is 0. The van der Waals surface area contributed by atoms with Gasteiger partial charge in [-0.3, -0.25) is 9.36 Å². The van der Waals surface area contributed by atoms with E-state index in [1.165, 1.54) is 11.9 Å². The number of aryl methyl sites for hydroxylation is 3. The predicted octanol–water partition coefficient (Wildman–Crippen LogP) is 3.63. The number of nitrogens with zero attached hydrogens (tertiary/aromatic N) is 2. The van der Waals surface area contributed by atoms with Gasteiger partial charge in [-0.1, -0.05) is 17.7 Å². The Morgan fingerprint density at radius 2 is 1.96 bits per heavy atom. The normalized spacial score (nSPS) is 11.0. The fourth-order valence-corrected chi connectivity index (χ4v) is 3.71. The van der Waals surface area contributed by atoms with Crippen molar-refractivity contribution in [1.29, 1.82) is 0 Å². The van der Waals surface area contributed by atoms with Crippen molar-refractivity contribution in [3.05, 3.63) is 57.0 Å². The largest absolute Gasteiger partial charge is 0.494 e. The van der Waals surface area contributed by atoms with Crippen LogP contribution >= 0.6 is 11.3 Å². The van der Waals surface area contributed by atoms with E-state index in [2.05, 4.69) is 4.98 Å². The molecule has 3 rings (SSSR count). The Labute approximate surface area is 154 Å². The van der Waals surface area contributed by atoms with Crippen molar-refractivity contribution in [1.82, 2.24) is 9.55 Å². The van der Waals surface area contributed by atoms with E-state index >= 15 is 0 Å². The molecule has 0 bridgehead atoms. The number of unbranched alkanes of at least 4 members (excludes halogenated alkanes) is 1. The summed E-state index contributed by atoms with van der Waals surface area (Å²) in [4.78, 5) is 28.7. The lowest BCUT2D eigenvalue weighted by Gasteiger charge is -2.08. The molecular formula is C19H20N2O4S. The topological polar surface area (TPSA) is 81.4 Å². The van der Waals surface area contributed by atoms with Crippen molar-refractivity contribution in [2.45, 2.75) is 33.2 Å². The highest BCUT2D eigenvalue weighted by Gasteiger charge is 2.18. The molecule has 136 valence electrons. The Morgan fingerprint density at radius 3 is 2.65 bits per heavy atom. The summed E-state index contributed by atoms with van der Waals surface area (Å²) in [6, 6.07) is 7.89.